The number of ketones is 1. The van der Waals surface area contributed by atoms with Crippen molar-refractivity contribution in [3.8, 4) is 5.75 Å². The van der Waals surface area contributed by atoms with Crippen LogP contribution in [0.5, 0.6) is 5.75 Å². The van der Waals surface area contributed by atoms with Crippen LogP contribution in [-0.2, 0) is 9.59 Å². The fraction of sp³-hybridized carbons (Fsp3) is 0.400. The standard InChI is InChI=1S/C15H18N2O4/c1-10-4-5-11(13(6-10)21-3)12(18)7-17-9-14(19)16(2)8-15(17)20/h4-6H,7-9H2,1-3H3. The molecule has 6 nitrogen and oxygen atoms in total. The van der Waals surface area contributed by atoms with Crippen molar-refractivity contribution >= 4 is 17.6 Å². The number of hydrogen-bond donors (Lipinski definition) is 0. The topological polar surface area (TPSA) is 66.9 Å². The van der Waals surface area contributed by atoms with E-state index in [0.29, 0.717) is 11.3 Å². The second-order valence-electron chi connectivity index (χ2n) is 5.13. The van der Waals surface area contributed by atoms with Crippen LogP contribution in [0.3, 0.4) is 0 Å². The monoisotopic (exact) mass is 290 g/mol. The van der Waals surface area contributed by atoms with E-state index < -0.39 is 0 Å². The summed E-state index contributed by atoms with van der Waals surface area (Å²) in [7, 11) is 3.07. The van der Waals surface area contributed by atoms with Crippen molar-refractivity contribution < 1.29 is 19.1 Å². The van der Waals surface area contributed by atoms with Crippen LogP contribution in [0.1, 0.15) is 15.9 Å². The van der Waals surface area contributed by atoms with Crippen molar-refractivity contribution in [2.24, 2.45) is 0 Å². The van der Waals surface area contributed by atoms with E-state index in [2.05, 4.69) is 0 Å². The van der Waals surface area contributed by atoms with Gasteiger partial charge in [-0.3, -0.25) is 14.4 Å². The molecule has 2 rings (SSSR count). The van der Waals surface area contributed by atoms with Crippen LogP contribution in [0.15, 0.2) is 18.2 Å². The molecule has 2 amide bonds. The van der Waals surface area contributed by atoms with Crippen LogP contribution in [0.25, 0.3) is 0 Å². The van der Waals surface area contributed by atoms with Gasteiger partial charge in [-0.2, -0.15) is 0 Å². The first-order valence-electron chi connectivity index (χ1n) is 6.62. The quantitative estimate of drug-likeness (QED) is 0.757. The third-order valence-corrected chi connectivity index (χ3v) is 3.47. The van der Waals surface area contributed by atoms with E-state index in [1.54, 1.807) is 19.2 Å². The van der Waals surface area contributed by atoms with Gasteiger partial charge in [0.05, 0.1) is 25.8 Å². The predicted molar refractivity (Wildman–Crippen MR) is 76.3 cm³/mol. The van der Waals surface area contributed by atoms with Gasteiger partial charge < -0.3 is 14.5 Å². The Morgan fingerprint density at radius 1 is 1.24 bits per heavy atom. The predicted octanol–water partition coefficient (Wildman–Crippen LogP) is 0.487. The molecule has 0 aliphatic carbocycles. The van der Waals surface area contributed by atoms with Gasteiger partial charge in [0.1, 0.15) is 12.3 Å². The van der Waals surface area contributed by atoms with Crippen molar-refractivity contribution in [1.29, 1.82) is 0 Å². The highest BCUT2D eigenvalue weighted by Crippen LogP contribution is 2.21. The maximum Gasteiger partial charge on any atom is 0.243 e. The Morgan fingerprint density at radius 3 is 2.62 bits per heavy atom. The number of carbonyl (C=O) groups is 3. The summed E-state index contributed by atoms with van der Waals surface area (Å²) in [6.45, 7) is 1.74. The van der Waals surface area contributed by atoms with Crippen LogP contribution in [0.4, 0.5) is 0 Å². The second-order valence-corrected chi connectivity index (χ2v) is 5.13. The zero-order valence-corrected chi connectivity index (χ0v) is 12.4. The molecule has 1 fully saturated rings. The molecule has 1 aliphatic rings. The van der Waals surface area contributed by atoms with Crippen molar-refractivity contribution in [3.05, 3.63) is 29.3 Å². The minimum atomic E-state index is -0.238. The lowest BCUT2D eigenvalue weighted by molar-refractivity contribution is -0.148. The number of nitrogens with zero attached hydrogens (tertiary/aromatic N) is 2. The Labute approximate surface area is 123 Å². The van der Waals surface area contributed by atoms with E-state index in [9.17, 15) is 14.4 Å². The Bertz CT molecular complexity index is 597. The van der Waals surface area contributed by atoms with Crippen LogP contribution in [0, 0.1) is 6.92 Å². The Hall–Kier alpha value is -2.37. The maximum absolute atomic E-state index is 12.3. The SMILES string of the molecule is COc1cc(C)ccc1C(=O)CN1CC(=O)N(C)CC1=O. The van der Waals surface area contributed by atoms with E-state index >= 15 is 0 Å². The highest BCUT2D eigenvalue weighted by molar-refractivity contribution is 6.03. The molecule has 0 N–H and O–H groups in total. The number of amides is 2. The summed E-state index contributed by atoms with van der Waals surface area (Å²) in [4.78, 5) is 38.5. The molecule has 0 bridgehead atoms. The van der Waals surface area contributed by atoms with Crippen LogP contribution in [-0.4, -0.2) is 61.2 Å². The van der Waals surface area contributed by atoms with Gasteiger partial charge in [-0.25, -0.2) is 0 Å². The molecule has 0 unspecified atom stereocenters. The lowest BCUT2D eigenvalue weighted by atomic mass is 10.1. The lowest BCUT2D eigenvalue weighted by Crippen LogP contribution is -2.53. The first kappa shape index (κ1) is 15.0. The molecule has 1 saturated heterocycles. The molecule has 1 aromatic rings. The fourth-order valence-electron chi connectivity index (χ4n) is 2.19. The van der Waals surface area contributed by atoms with E-state index in [1.165, 1.54) is 16.9 Å². The van der Waals surface area contributed by atoms with Crippen LogP contribution >= 0.6 is 0 Å². The number of methoxy groups -OCH3 is 1. The molecule has 1 aliphatic heterocycles. The average molecular weight is 290 g/mol. The Morgan fingerprint density at radius 2 is 1.95 bits per heavy atom. The molecule has 1 aromatic carbocycles. The summed E-state index contributed by atoms with van der Waals surface area (Å²) in [6, 6.07) is 5.26. The highest BCUT2D eigenvalue weighted by atomic mass is 16.5. The van der Waals surface area contributed by atoms with Crippen molar-refractivity contribution in [2.75, 3.05) is 33.8 Å². The molecule has 112 valence electrons. The van der Waals surface area contributed by atoms with Gasteiger partial charge in [-0.15, -0.1) is 0 Å². The summed E-state index contributed by atoms with van der Waals surface area (Å²) < 4.78 is 5.20. The zero-order chi connectivity index (χ0) is 15.6. The Kier molecular flexibility index (Phi) is 4.26. The van der Waals surface area contributed by atoms with Gasteiger partial charge in [0.15, 0.2) is 5.78 Å². The third-order valence-electron chi connectivity index (χ3n) is 3.47. The number of piperazine rings is 1. The van der Waals surface area contributed by atoms with E-state index in [4.69, 9.17) is 4.74 Å². The molecule has 21 heavy (non-hydrogen) atoms. The smallest absolute Gasteiger partial charge is 0.243 e. The van der Waals surface area contributed by atoms with Crippen molar-refractivity contribution in [1.82, 2.24) is 9.80 Å². The molecule has 6 heteroatoms. The first-order valence-corrected chi connectivity index (χ1v) is 6.62. The molecule has 1 heterocycles. The van der Waals surface area contributed by atoms with Gasteiger partial charge in [-0.05, 0) is 24.6 Å². The summed E-state index contributed by atoms with van der Waals surface area (Å²) in [5.74, 6) is -0.153. The molecule has 0 saturated carbocycles. The van der Waals surface area contributed by atoms with Crippen LogP contribution < -0.4 is 4.74 Å². The second kappa shape index (κ2) is 5.95. The summed E-state index contributed by atoms with van der Waals surface area (Å²) >= 11 is 0. The minimum Gasteiger partial charge on any atom is -0.496 e. The van der Waals surface area contributed by atoms with Gasteiger partial charge in [-0.1, -0.05) is 6.07 Å². The highest BCUT2D eigenvalue weighted by Gasteiger charge is 2.29. The third kappa shape index (κ3) is 3.21. The molecule has 0 aromatic heterocycles. The molecular weight excluding hydrogens is 272 g/mol. The largest absolute Gasteiger partial charge is 0.496 e. The number of hydrogen-bond acceptors (Lipinski definition) is 4. The number of carbonyl (C=O) groups excluding carboxylic acids is 3. The summed E-state index contributed by atoms with van der Waals surface area (Å²) in [6.07, 6.45) is 0. The van der Waals surface area contributed by atoms with Crippen molar-refractivity contribution in [3.63, 3.8) is 0 Å². The average Bonchev–Trinajstić information content (AvgIpc) is 2.44. The first-order chi connectivity index (χ1) is 9.92. The van der Waals surface area contributed by atoms with Crippen LogP contribution in [0.2, 0.25) is 0 Å². The van der Waals surface area contributed by atoms with E-state index in [-0.39, 0.29) is 37.2 Å². The molecular formula is C15H18N2O4. The number of ether oxygens (including phenoxy) is 1. The molecule has 0 radical (unpaired) electrons. The van der Waals surface area contributed by atoms with Gasteiger partial charge >= 0.3 is 0 Å². The minimum absolute atomic E-state index is 0.0111. The Balaban J connectivity index is 2.15. The lowest BCUT2D eigenvalue weighted by Gasteiger charge is -2.31. The van der Waals surface area contributed by atoms with Gasteiger partial charge in [0.2, 0.25) is 11.8 Å². The molecule has 0 spiro atoms. The van der Waals surface area contributed by atoms with Crippen molar-refractivity contribution in [2.45, 2.75) is 6.92 Å². The summed E-state index contributed by atoms with van der Waals surface area (Å²) in [5.41, 5.74) is 1.40. The van der Waals surface area contributed by atoms with Gasteiger partial charge in [0, 0.05) is 7.05 Å². The number of benzene rings is 1. The van der Waals surface area contributed by atoms with E-state index in [0.717, 1.165) is 5.56 Å². The number of Topliss-reactive ketones (excluding diaryl/α,β-unsaturated/α-hetero) is 1. The number of rotatable bonds is 4. The summed E-state index contributed by atoms with van der Waals surface area (Å²) in [5, 5.41) is 0. The number of aryl methyl sites for hydroxylation is 1. The van der Waals surface area contributed by atoms with Gasteiger partial charge in [0.25, 0.3) is 0 Å². The maximum atomic E-state index is 12.3. The molecule has 0 atom stereocenters. The fourth-order valence-corrected chi connectivity index (χ4v) is 2.19. The zero-order valence-electron chi connectivity index (χ0n) is 12.4. The normalized spacial score (nSPS) is 15.4. The number of likely N-dealkylation sites (N-methyl/N-ethyl adjacent to an activating group) is 1. The van der Waals surface area contributed by atoms with E-state index in [1.807, 2.05) is 13.0 Å².